The number of carbonyl (C=O) groups excluding carboxylic acids is 2. The van der Waals surface area contributed by atoms with Gasteiger partial charge in [0.15, 0.2) is 0 Å². The summed E-state index contributed by atoms with van der Waals surface area (Å²) in [5.41, 5.74) is 2.58. The number of rotatable bonds is 7. The molecule has 3 aromatic carbocycles. The standard InChI is InChI=1S/C25H21N3O3/c1-31-23-12-10-20(11-13-23)25(30)28-22-9-5-8-19(15-22)14-21(16-26)24(29)27-17-18-6-3-2-4-7-18/h2-15H,17H2,1H3,(H,27,29)(H,28,30)/b21-14+. The van der Waals surface area contributed by atoms with E-state index in [2.05, 4.69) is 10.6 Å². The maximum absolute atomic E-state index is 12.4. The number of ether oxygens (including phenoxy) is 1. The number of methoxy groups -OCH3 is 1. The van der Waals surface area contributed by atoms with Crippen LogP contribution in [0.5, 0.6) is 5.75 Å². The summed E-state index contributed by atoms with van der Waals surface area (Å²) >= 11 is 0. The van der Waals surface area contributed by atoms with Gasteiger partial charge >= 0.3 is 0 Å². The Morgan fingerprint density at radius 1 is 1.00 bits per heavy atom. The minimum absolute atomic E-state index is 0.0189. The molecule has 0 saturated heterocycles. The van der Waals surface area contributed by atoms with Crippen molar-refractivity contribution in [2.45, 2.75) is 6.54 Å². The highest BCUT2D eigenvalue weighted by molar-refractivity contribution is 6.05. The van der Waals surface area contributed by atoms with Crippen molar-refractivity contribution in [1.82, 2.24) is 5.32 Å². The van der Waals surface area contributed by atoms with Gasteiger partial charge in [0, 0.05) is 17.8 Å². The minimum Gasteiger partial charge on any atom is -0.497 e. The van der Waals surface area contributed by atoms with Crippen molar-refractivity contribution in [2.75, 3.05) is 12.4 Å². The molecule has 154 valence electrons. The van der Waals surface area contributed by atoms with Gasteiger partial charge in [-0.2, -0.15) is 5.26 Å². The summed E-state index contributed by atoms with van der Waals surface area (Å²) in [6, 6.07) is 25.1. The van der Waals surface area contributed by atoms with Crippen molar-refractivity contribution in [3.63, 3.8) is 0 Å². The topological polar surface area (TPSA) is 91.2 Å². The molecule has 3 aromatic rings. The van der Waals surface area contributed by atoms with Crippen molar-refractivity contribution in [2.24, 2.45) is 0 Å². The zero-order valence-electron chi connectivity index (χ0n) is 17.0. The van der Waals surface area contributed by atoms with Crippen LogP contribution in [-0.2, 0) is 11.3 Å². The van der Waals surface area contributed by atoms with Crippen LogP contribution >= 0.6 is 0 Å². The lowest BCUT2D eigenvalue weighted by Gasteiger charge is -2.08. The summed E-state index contributed by atoms with van der Waals surface area (Å²) in [6.45, 7) is 0.330. The van der Waals surface area contributed by atoms with Gasteiger partial charge in [0.2, 0.25) is 0 Å². The number of nitrogens with one attached hydrogen (secondary N) is 2. The first-order valence-electron chi connectivity index (χ1n) is 9.58. The molecule has 0 aliphatic heterocycles. The summed E-state index contributed by atoms with van der Waals surface area (Å²) in [5.74, 6) is -0.0674. The zero-order chi connectivity index (χ0) is 22.1. The first-order valence-corrected chi connectivity index (χ1v) is 9.58. The number of nitriles is 1. The molecule has 0 heterocycles. The van der Waals surface area contributed by atoms with Gasteiger partial charge in [-0.3, -0.25) is 9.59 Å². The number of hydrogen-bond acceptors (Lipinski definition) is 4. The van der Waals surface area contributed by atoms with E-state index in [1.807, 2.05) is 36.4 Å². The fourth-order valence-corrected chi connectivity index (χ4v) is 2.84. The molecule has 0 unspecified atom stereocenters. The fraction of sp³-hybridized carbons (Fsp3) is 0.0800. The van der Waals surface area contributed by atoms with E-state index in [4.69, 9.17) is 4.74 Å². The molecule has 2 N–H and O–H groups in total. The van der Waals surface area contributed by atoms with E-state index >= 15 is 0 Å². The van der Waals surface area contributed by atoms with Gasteiger partial charge in [-0.05, 0) is 53.6 Å². The largest absolute Gasteiger partial charge is 0.497 e. The number of benzene rings is 3. The molecule has 31 heavy (non-hydrogen) atoms. The summed E-state index contributed by atoms with van der Waals surface area (Å²) in [7, 11) is 1.56. The Kier molecular flexibility index (Phi) is 7.17. The first-order chi connectivity index (χ1) is 15.1. The molecular formula is C25H21N3O3. The molecule has 0 aliphatic carbocycles. The average Bonchev–Trinajstić information content (AvgIpc) is 2.82. The fourth-order valence-electron chi connectivity index (χ4n) is 2.84. The lowest BCUT2D eigenvalue weighted by Crippen LogP contribution is -2.23. The lowest BCUT2D eigenvalue weighted by molar-refractivity contribution is -0.117. The van der Waals surface area contributed by atoms with Gasteiger partial charge in [-0.15, -0.1) is 0 Å². The van der Waals surface area contributed by atoms with E-state index in [1.54, 1.807) is 55.6 Å². The van der Waals surface area contributed by atoms with Crippen LogP contribution < -0.4 is 15.4 Å². The van der Waals surface area contributed by atoms with Gasteiger partial charge in [0.1, 0.15) is 17.4 Å². The smallest absolute Gasteiger partial charge is 0.262 e. The average molecular weight is 411 g/mol. The number of carbonyl (C=O) groups is 2. The third-order valence-electron chi connectivity index (χ3n) is 4.47. The van der Waals surface area contributed by atoms with E-state index in [-0.39, 0.29) is 11.5 Å². The molecule has 0 bridgehead atoms. The summed E-state index contributed by atoms with van der Waals surface area (Å²) in [4.78, 5) is 24.8. The van der Waals surface area contributed by atoms with E-state index in [0.717, 1.165) is 5.56 Å². The van der Waals surface area contributed by atoms with E-state index < -0.39 is 5.91 Å². The quantitative estimate of drug-likeness (QED) is 0.451. The van der Waals surface area contributed by atoms with E-state index in [0.29, 0.717) is 29.1 Å². The summed E-state index contributed by atoms with van der Waals surface area (Å²) in [6.07, 6.45) is 1.49. The summed E-state index contributed by atoms with van der Waals surface area (Å²) in [5, 5.41) is 15.0. The van der Waals surface area contributed by atoms with Crippen molar-refractivity contribution >= 4 is 23.6 Å². The van der Waals surface area contributed by atoms with Crippen LogP contribution in [0.2, 0.25) is 0 Å². The highest BCUT2D eigenvalue weighted by atomic mass is 16.5. The van der Waals surface area contributed by atoms with E-state index in [9.17, 15) is 14.9 Å². The van der Waals surface area contributed by atoms with Crippen LogP contribution in [0.15, 0.2) is 84.4 Å². The van der Waals surface area contributed by atoms with E-state index in [1.165, 1.54) is 6.08 Å². The lowest BCUT2D eigenvalue weighted by atomic mass is 10.1. The second-order valence-corrected chi connectivity index (χ2v) is 6.65. The van der Waals surface area contributed by atoms with Gasteiger partial charge in [0.05, 0.1) is 7.11 Å². The van der Waals surface area contributed by atoms with Crippen LogP contribution in [0.1, 0.15) is 21.5 Å². The Labute approximate surface area is 180 Å². The molecule has 0 aromatic heterocycles. The maximum atomic E-state index is 12.4. The molecule has 0 fully saturated rings. The Morgan fingerprint density at radius 3 is 2.42 bits per heavy atom. The molecule has 6 heteroatoms. The second kappa shape index (κ2) is 10.4. The molecule has 0 saturated carbocycles. The van der Waals surface area contributed by atoms with Crippen LogP contribution in [0, 0.1) is 11.3 Å². The first kappa shape index (κ1) is 21.3. The number of amides is 2. The third kappa shape index (κ3) is 6.05. The molecule has 0 spiro atoms. The number of nitrogens with zero attached hydrogens (tertiary/aromatic N) is 1. The van der Waals surface area contributed by atoms with Gasteiger partial charge in [-0.25, -0.2) is 0 Å². The van der Waals surface area contributed by atoms with Gasteiger partial charge in [0.25, 0.3) is 11.8 Å². The molecule has 6 nitrogen and oxygen atoms in total. The molecular weight excluding hydrogens is 390 g/mol. The Balaban J connectivity index is 1.68. The normalized spacial score (nSPS) is 10.6. The predicted molar refractivity (Wildman–Crippen MR) is 119 cm³/mol. The molecule has 3 rings (SSSR count). The highest BCUT2D eigenvalue weighted by Crippen LogP contribution is 2.17. The van der Waals surface area contributed by atoms with Gasteiger partial charge in [-0.1, -0.05) is 42.5 Å². The maximum Gasteiger partial charge on any atom is 0.262 e. The van der Waals surface area contributed by atoms with Crippen LogP contribution in [-0.4, -0.2) is 18.9 Å². The second-order valence-electron chi connectivity index (χ2n) is 6.65. The molecule has 2 amide bonds. The van der Waals surface area contributed by atoms with Crippen LogP contribution in [0.4, 0.5) is 5.69 Å². The molecule has 0 atom stereocenters. The minimum atomic E-state index is -0.459. The SMILES string of the molecule is COc1ccc(C(=O)Nc2cccc(/C=C(\C#N)C(=O)NCc3ccccc3)c2)cc1. The molecule has 0 aliphatic rings. The van der Waals surface area contributed by atoms with Crippen molar-refractivity contribution in [1.29, 1.82) is 5.26 Å². The van der Waals surface area contributed by atoms with Crippen molar-refractivity contribution in [3.05, 3.63) is 101 Å². The molecule has 0 radical (unpaired) electrons. The zero-order valence-corrected chi connectivity index (χ0v) is 17.0. The van der Waals surface area contributed by atoms with Crippen LogP contribution in [0.25, 0.3) is 6.08 Å². The monoisotopic (exact) mass is 411 g/mol. The highest BCUT2D eigenvalue weighted by Gasteiger charge is 2.10. The Hall–Kier alpha value is -4.37. The van der Waals surface area contributed by atoms with Crippen molar-refractivity contribution in [3.8, 4) is 11.8 Å². The Bertz CT molecular complexity index is 1130. The third-order valence-corrected chi connectivity index (χ3v) is 4.47. The van der Waals surface area contributed by atoms with Crippen LogP contribution in [0.3, 0.4) is 0 Å². The summed E-state index contributed by atoms with van der Waals surface area (Å²) < 4.78 is 5.10. The predicted octanol–water partition coefficient (Wildman–Crippen LogP) is 4.17. The number of anilines is 1. The van der Waals surface area contributed by atoms with Gasteiger partial charge < -0.3 is 15.4 Å². The number of hydrogen-bond donors (Lipinski definition) is 2. The Morgan fingerprint density at radius 2 is 1.74 bits per heavy atom. The van der Waals surface area contributed by atoms with Crippen molar-refractivity contribution < 1.29 is 14.3 Å².